The van der Waals surface area contributed by atoms with E-state index in [0.717, 1.165) is 18.2 Å². The zero-order valence-corrected chi connectivity index (χ0v) is 18.2. The van der Waals surface area contributed by atoms with E-state index in [4.69, 9.17) is 9.84 Å². The molecule has 11 heteroatoms. The van der Waals surface area contributed by atoms with Crippen LogP contribution in [-0.4, -0.2) is 48.3 Å². The third-order valence-corrected chi connectivity index (χ3v) is 4.77. The summed E-state index contributed by atoms with van der Waals surface area (Å²) in [6, 6.07) is 5.11. The predicted molar refractivity (Wildman–Crippen MR) is 115 cm³/mol. The van der Waals surface area contributed by atoms with Gasteiger partial charge >= 0.3 is 0 Å². The fourth-order valence-corrected chi connectivity index (χ4v) is 3.25. The second-order valence-corrected chi connectivity index (χ2v) is 7.99. The highest BCUT2D eigenvalue weighted by Crippen LogP contribution is 2.34. The van der Waals surface area contributed by atoms with Gasteiger partial charge in [0.05, 0.1) is 25.5 Å². The van der Waals surface area contributed by atoms with Crippen molar-refractivity contribution in [1.29, 1.82) is 0 Å². The minimum absolute atomic E-state index is 0.0414. The predicted octanol–water partition coefficient (Wildman–Crippen LogP) is 3.04. The number of nitrogens with one attached hydrogen (secondary N) is 1. The number of rotatable bonds is 10. The largest absolute Gasteiger partial charge is 0.494 e. The summed E-state index contributed by atoms with van der Waals surface area (Å²) in [6.07, 6.45) is 2.18. The Balaban J connectivity index is 1.80. The SMILES string of the molecule is CC(C)C[C@@H](C(=O)Nc1ccn(C[C@@H](O)CO)n1)n1cc(Oc2c(F)cccc2F)cc1O. The number of aromatic nitrogens is 3. The quantitative estimate of drug-likeness (QED) is 0.366. The minimum atomic E-state index is -0.989. The van der Waals surface area contributed by atoms with Crippen LogP contribution in [0.5, 0.6) is 17.4 Å². The van der Waals surface area contributed by atoms with Gasteiger partial charge in [-0.15, -0.1) is 0 Å². The van der Waals surface area contributed by atoms with Crippen molar-refractivity contribution < 1.29 is 33.6 Å². The van der Waals surface area contributed by atoms with Crippen molar-refractivity contribution in [2.75, 3.05) is 11.9 Å². The number of hydrogen-bond donors (Lipinski definition) is 4. The molecule has 2 heterocycles. The average molecular weight is 464 g/mol. The van der Waals surface area contributed by atoms with Gasteiger partial charge in [-0.25, -0.2) is 8.78 Å². The number of hydrogen-bond acceptors (Lipinski definition) is 6. The topological polar surface area (TPSA) is 122 Å². The minimum Gasteiger partial charge on any atom is -0.494 e. The van der Waals surface area contributed by atoms with Crippen LogP contribution in [0.15, 0.2) is 42.7 Å². The van der Waals surface area contributed by atoms with Crippen LogP contribution in [0.25, 0.3) is 0 Å². The molecule has 0 fully saturated rings. The number of benzene rings is 1. The van der Waals surface area contributed by atoms with E-state index in [0.29, 0.717) is 6.42 Å². The molecule has 2 aromatic heterocycles. The number of halogens is 2. The molecule has 3 aromatic rings. The van der Waals surface area contributed by atoms with Crippen LogP contribution in [0.2, 0.25) is 0 Å². The number of aliphatic hydroxyl groups is 2. The standard InChI is InChI=1S/C22H26F2N4O5/c1-13(2)8-18(22(32)25-19-6-7-27(26-19)10-14(30)12-29)28-11-15(9-20(28)31)33-21-16(23)4-3-5-17(21)24/h3-7,9,11,13-14,18,29-31H,8,10,12H2,1-2H3,(H,25,26,32)/t14-,18+/m1/s1. The molecule has 4 N–H and O–H groups in total. The molecule has 178 valence electrons. The molecule has 3 rings (SSSR count). The number of amides is 1. The fourth-order valence-electron chi connectivity index (χ4n) is 3.25. The van der Waals surface area contributed by atoms with Crippen molar-refractivity contribution in [3.63, 3.8) is 0 Å². The van der Waals surface area contributed by atoms with E-state index in [1.807, 2.05) is 13.8 Å². The molecule has 0 unspecified atom stereocenters. The monoisotopic (exact) mass is 464 g/mol. The molecule has 0 spiro atoms. The molecule has 0 saturated heterocycles. The second-order valence-electron chi connectivity index (χ2n) is 7.99. The summed E-state index contributed by atoms with van der Waals surface area (Å²) in [5.74, 6) is -2.98. The molecule has 1 aromatic carbocycles. The van der Waals surface area contributed by atoms with Gasteiger partial charge in [0.1, 0.15) is 11.8 Å². The van der Waals surface area contributed by atoms with E-state index in [9.17, 15) is 23.8 Å². The highest BCUT2D eigenvalue weighted by molar-refractivity contribution is 5.93. The zero-order chi connectivity index (χ0) is 24.1. The molecule has 0 saturated carbocycles. The smallest absolute Gasteiger partial charge is 0.248 e. The van der Waals surface area contributed by atoms with Gasteiger partial charge in [0.2, 0.25) is 5.91 Å². The number of aromatic hydroxyl groups is 1. The van der Waals surface area contributed by atoms with Gasteiger partial charge in [0.25, 0.3) is 0 Å². The maximum Gasteiger partial charge on any atom is 0.248 e. The third-order valence-electron chi connectivity index (χ3n) is 4.77. The Kier molecular flexibility index (Phi) is 7.67. The molecule has 2 atom stereocenters. The second kappa shape index (κ2) is 10.5. The van der Waals surface area contributed by atoms with Crippen molar-refractivity contribution in [3.8, 4) is 17.4 Å². The molecule has 0 bridgehead atoms. The Morgan fingerprint density at radius 3 is 2.58 bits per heavy atom. The molecule has 0 aliphatic carbocycles. The number of carbonyl (C=O) groups excluding carboxylic acids is 1. The normalized spacial score (nSPS) is 13.2. The van der Waals surface area contributed by atoms with Crippen LogP contribution < -0.4 is 10.1 Å². The van der Waals surface area contributed by atoms with Crippen LogP contribution in [-0.2, 0) is 11.3 Å². The Morgan fingerprint density at radius 1 is 1.24 bits per heavy atom. The maximum absolute atomic E-state index is 13.9. The number of ether oxygens (including phenoxy) is 1. The van der Waals surface area contributed by atoms with Crippen LogP contribution >= 0.6 is 0 Å². The van der Waals surface area contributed by atoms with Gasteiger partial charge in [0, 0.05) is 18.3 Å². The molecule has 33 heavy (non-hydrogen) atoms. The van der Waals surface area contributed by atoms with E-state index < -0.39 is 42.0 Å². The first-order chi connectivity index (χ1) is 15.7. The highest BCUT2D eigenvalue weighted by atomic mass is 19.1. The van der Waals surface area contributed by atoms with E-state index >= 15 is 0 Å². The van der Waals surface area contributed by atoms with E-state index in [1.54, 1.807) is 0 Å². The lowest BCUT2D eigenvalue weighted by molar-refractivity contribution is -0.119. The van der Waals surface area contributed by atoms with Crippen molar-refractivity contribution >= 4 is 11.7 Å². The lowest BCUT2D eigenvalue weighted by atomic mass is 10.0. The van der Waals surface area contributed by atoms with E-state index in [1.165, 1.54) is 33.8 Å². The molecule has 0 aliphatic rings. The lowest BCUT2D eigenvalue weighted by Crippen LogP contribution is -2.27. The summed E-state index contributed by atoms with van der Waals surface area (Å²) in [6.45, 7) is 3.43. The summed E-state index contributed by atoms with van der Waals surface area (Å²) in [5, 5.41) is 35.7. The molecular weight excluding hydrogens is 438 g/mol. The Hall–Kier alpha value is -3.44. The molecule has 0 radical (unpaired) electrons. The van der Waals surface area contributed by atoms with Gasteiger partial charge in [-0.2, -0.15) is 5.10 Å². The van der Waals surface area contributed by atoms with Gasteiger partial charge in [0.15, 0.2) is 29.1 Å². The Bertz CT molecular complexity index is 1080. The first kappa shape index (κ1) is 24.2. The lowest BCUT2D eigenvalue weighted by Gasteiger charge is -2.20. The Labute approximate surface area is 188 Å². The van der Waals surface area contributed by atoms with Gasteiger partial charge in [-0.1, -0.05) is 19.9 Å². The number of anilines is 1. The maximum atomic E-state index is 13.9. The van der Waals surface area contributed by atoms with Crippen molar-refractivity contribution in [3.05, 3.63) is 54.4 Å². The van der Waals surface area contributed by atoms with Crippen molar-refractivity contribution in [2.45, 2.75) is 39.0 Å². The summed E-state index contributed by atoms with van der Waals surface area (Å²) in [4.78, 5) is 13.0. The van der Waals surface area contributed by atoms with Crippen LogP contribution in [0, 0.1) is 17.6 Å². The molecule has 9 nitrogen and oxygen atoms in total. The van der Waals surface area contributed by atoms with E-state index in [2.05, 4.69) is 10.4 Å². The Morgan fingerprint density at radius 2 is 1.94 bits per heavy atom. The molecular formula is C22H26F2N4O5. The summed E-state index contributed by atoms with van der Waals surface area (Å²) in [7, 11) is 0. The first-order valence-electron chi connectivity index (χ1n) is 10.3. The summed E-state index contributed by atoms with van der Waals surface area (Å²) in [5.41, 5.74) is 0. The molecule has 1 amide bonds. The summed E-state index contributed by atoms with van der Waals surface area (Å²) < 4.78 is 35.7. The van der Waals surface area contributed by atoms with Crippen LogP contribution in [0.1, 0.15) is 26.3 Å². The van der Waals surface area contributed by atoms with Crippen molar-refractivity contribution in [1.82, 2.24) is 14.3 Å². The van der Waals surface area contributed by atoms with Crippen LogP contribution in [0.3, 0.4) is 0 Å². The number of aliphatic hydroxyl groups excluding tert-OH is 2. The van der Waals surface area contributed by atoms with E-state index in [-0.39, 0.29) is 29.9 Å². The average Bonchev–Trinajstić information content (AvgIpc) is 3.34. The van der Waals surface area contributed by atoms with Crippen LogP contribution in [0.4, 0.5) is 14.6 Å². The fraction of sp³-hybridized carbons (Fsp3) is 0.364. The number of para-hydroxylation sites is 1. The van der Waals surface area contributed by atoms with Gasteiger partial charge < -0.3 is 29.9 Å². The zero-order valence-electron chi connectivity index (χ0n) is 18.2. The highest BCUT2D eigenvalue weighted by Gasteiger charge is 2.26. The van der Waals surface area contributed by atoms with Gasteiger partial charge in [-0.05, 0) is 24.5 Å². The number of nitrogens with zero attached hydrogens (tertiary/aromatic N) is 3. The molecule has 0 aliphatic heterocycles. The third kappa shape index (κ3) is 6.08. The first-order valence-corrected chi connectivity index (χ1v) is 10.3. The summed E-state index contributed by atoms with van der Waals surface area (Å²) >= 11 is 0. The van der Waals surface area contributed by atoms with Crippen molar-refractivity contribution in [2.24, 2.45) is 5.92 Å². The van der Waals surface area contributed by atoms with Gasteiger partial charge in [-0.3, -0.25) is 9.48 Å². The number of carbonyl (C=O) groups is 1.